The van der Waals surface area contributed by atoms with E-state index in [0.29, 0.717) is 0 Å². The lowest BCUT2D eigenvalue weighted by Crippen LogP contribution is -2.61. The first-order valence-corrected chi connectivity index (χ1v) is 38.6. The van der Waals surface area contributed by atoms with E-state index in [1.165, 1.54) is 71.0 Å². The van der Waals surface area contributed by atoms with E-state index in [1.54, 1.807) is 0 Å². The molecule has 0 fully saturated rings. The fourth-order valence-electron chi connectivity index (χ4n) is 17.5. The Morgan fingerprint density at radius 3 is 0.927 bits per heavy atom. The molecular weight excluding hydrogens is 1310 g/mol. The summed E-state index contributed by atoms with van der Waals surface area (Å²) in [6.07, 6.45) is 0. The first-order valence-electron chi connectivity index (χ1n) is 38.6. The predicted octanol–water partition coefficient (Wildman–Crippen LogP) is 27.6. The Bertz CT molecular complexity index is 6230. The van der Waals surface area contributed by atoms with Crippen molar-refractivity contribution in [3.63, 3.8) is 0 Å². The molecule has 522 valence electrons. The number of benzene rings is 17. The predicted molar refractivity (Wildman–Crippen MR) is 469 cm³/mol. The number of rotatable bonds is 11. The molecule has 19 rings (SSSR count). The Morgan fingerprint density at radius 2 is 0.523 bits per heavy atom. The lowest BCUT2D eigenvalue weighted by molar-refractivity contribution is 0.590. The summed E-state index contributed by atoms with van der Waals surface area (Å²) in [6.45, 7) is 20.8. The van der Waals surface area contributed by atoms with Crippen LogP contribution in [-0.2, 0) is 16.2 Å². The van der Waals surface area contributed by atoms with Gasteiger partial charge in [0.15, 0.2) is 0 Å². The second-order valence-electron chi connectivity index (χ2n) is 33.2. The molecule has 0 N–H and O–H groups in total. The van der Waals surface area contributed by atoms with Gasteiger partial charge in [-0.1, -0.05) is 353 Å². The van der Waals surface area contributed by atoms with Crippen LogP contribution in [0.5, 0.6) is 0 Å². The summed E-state index contributed by atoms with van der Waals surface area (Å²) < 4.78 is 0. The van der Waals surface area contributed by atoms with E-state index in [1.807, 2.05) is 0 Å². The smallest absolute Gasteiger partial charge is 0.252 e. The maximum Gasteiger partial charge on any atom is 0.252 e. The maximum absolute atomic E-state index is 2.74. The van der Waals surface area contributed by atoms with Crippen LogP contribution in [0.4, 0.5) is 34.1 Å². The number of anilines is 6. The second-order valence-corrected chi connectivity index (χ2v) is 33.2. The molecule has 0 amide bonds. The molecule has 0 saturated heterocycles. The van der Waals surface area contributed by atoms with Crippen molar-refractivity contribution >= 4 is 89.5 Å². The molecule has 0 unspecified atom stereocenters. The summed E-state index contributed by atoms with van der Waals surface area (Å²) in [7, 11) is 0. The average molecular weight is 1400 g/mol. The third-order valence-electron chi connectivity index (χ3n) is 23.2. The van der Waals surface area contributed by atoms with Crippen LogP contribution in [-0.4, -0.2) is 6.71 Å². The van der Waals surface area contributed by atoms with Gasteiger partial charge in [0.1, 0.15) is 0 Å². The summed E-state index contributed by atoms with van der Waals surface area (Å²) in [5.74, 6) is 0. The summed E-state index contributed by atoms with van der Waals surface area (Å²) in [6, 6.07) is 134. The first-order chi connectivity index (χ1) is 52.9. The molecule has 17 aromatic rings. The van der Waals surface area contributed by atoms with Crippen molar-refractivity contribution in [2.24, 2.45) is 0 Å². The fraction of sp³-hybridized carbons (Fsp3) is 0.113. The van der Waals surface area contributed by atoms with Crippen LogP contribution in [0.25, 0.3) is 132 Å². The third kappa shape index (κ3) is 11.7. The fourth-order valence-corrected chi connectivity index (χ4v) is 17.5. The van der Waals surface area contributed by atoms with Crippen molar-refractivity contribution in [2.45, 2.75) is 78.6 Å². The summed E-state index contributed by atoms with van der Waals surface area (Å²) in [4.78, 5) is 5.45. The third-order valence-corrected chi connectivity index (χ3v) is 23.2. The standard InChI is InChI=1S/C106H85BN2/c1-104(2,3)84-51-47-71(48-52-84)82-65-97-101-98(66-82)109(103-90(74-41-27-15-28-42-74)60-81(70-35-21-12-22-36-70)61-91(103)75-43-29-16-30-44-75)96-64-77(87-62-83-57-85(105(4,5)6)55-78-45-46-79-56-86(106(7,8)9)67-92(87)100(79)99(78)83)50-54-94(96)107(101)93-53-49-76(68-31-17-10-18-32-68)63-95(93)108(97)102-88(72-37-23-13-24-38-72)58-80(69-33-19-11-20-34-69)59-89(102)73-39-25-14-26-40-73/h10-67H,1-9H3. The Kier molecular flexibility index (Phi) is 16.1. The van der Waals surface area contributed by atoms with Crippen LogP contribution in [0.1, 0.15) is 79.0 Å². The van der Waals surface area contributed by atoms with Gasteiger partial charge < -0.3 is 9.80 Å². The highest BCUT2D eigenvalue weighted by Crippen LogP contribution is 2.57. The van der Waals surface area contributed by atoms with Crippen LogP contribution in [0.15, 0.2) is 352 Å². The van der Waals surface area contributed by atoms with Crippen LogP contribution >= 0.6 is 0 Å². The highest BCUT2D eigenvalue weighted by Gasteiger charge is 2.46. The average Bonchev–Trinajstić information content (AvgIpc) is 0.687. The van der Waals surface area contributed by atoms with Crippen molar-refractivity contribution in [3.8, 4) is 100 Å². The molecule has 0 bridgehead atoms. The molecule has 2 aliphatic heterocycles. The zero-order valence-corrected chi connectivity index (χ0v) is 63.5. The Hall–Kier alpha value is -12.6. The quantitative estimate of drug-likeness (QED) is 0.0941. The Balaban J connectivity index is 1.01. The van der Waals surface area contributed by atoms with Gasteiger partial charge in [-0.2, -0.15) is 0 Å². The van der Waals surface area contributed by atoms with Crippen LogP contribution in [0.2, 0.25) is 0 Å². The zero-order chi connectivity index (χ0) is 74.0. The van der Waals surface area contributed by atoms with Crippen LogP contribution in [0.3, 0.4) is 0 Å². The van der Waals surface area contributed by atoms with Gasteiger partial charge in [0, 0.05) is 45.0 Å². The molecule has 0 spiro atoms. The van der Waals surface area contributed by atoms with E-state index >= 15 is 0 Å². The van der Waals surface area contributed by atoms with Gasteiger partial charge in [-0.15, -0.1) is 0 Å². The van der Waals surface area contributed by atoms with Crippen molar-refractivity contribution in [1.29, 1.82) is 0 Å². The van der Waals surface area contributed by atoms with Crippen molar-refractivity contribution < 1.29 is 0 Å². The highest BCUT2D eigenvalue weighted by molar-refractivity contribution is 7.00. The molecule has 3 heteroatoms. The molecule has 0 atom stereocenters. The van der Waals surface area contributed by atoms with Gasteiger partial charge in [-0.25, -0.2) is 0 Å². The minimum atomic E-state index is -0.258. The van der Waals surface area contributed by atoms with Crippen molar-refractivity contribution in [3.05, 3.63) is 369 Å². The molecule has 0 aliphatic carbocycles. The molecule has 17 aromatic carbocycles. The molecule has 0 saturated carbocycles. The number of hydrogen-bond acceptors (Lipinski definition) is 2. The van der Waals surface area contributed by atoms with E-state index < -0.39 is 0 Å². The van der Waals surface area contributed by atoms with Gasteiger partial charge in [-0.05, 0) is 220 Å². The number of hydrogen-bond donors (Lipinski definition) is 0. The number of fused-ring (bicyclic) bond motifs is 4. The van der Waals surface area contributed by atoms with E-state index in [9.17, 15) is 0 Å². The van der Waals surface area contributed by atoms with Crippen LogP contribution < -0.4 is 26.2 Å². The Morgan fingerprint density at radius 1 is 0.211 bits per heavy atom. The van der Waals surface area contributed by atoms with Crippen LogP contribution in [0, 0.1) is 0 Å². The number of nitrogens with zero attached hydrogens (tertiary/aromatic N) is 2. The second kappa shape index (κ2) is 26.1. The van der Waals surface area contributed by atoms with Gasteiger partial charge in [0.2, 0.25) is 0 Å². The van der Waals surface area contributed by atoms with E-state index in [4.69, 9.17) is 0 Å². The normalized spacial score (nSPS) is 12.8. The van der Waals surface area contributed by atoms with Gasteiger partial charge in [0.25, 0.3) is 6.71 Å². The summed E-state index contributed by atoms with van der Waals surface area (Å²) in [5, 5.41) is 7.72. The molecule has 0 aromatic heterocycles. The molecule has 0 radical (unpaired) electrons. The highest BCUT2D eigenvalue weighted by atomic mass is 15.2. The molecular formula is C106H85BN2. The van der Waals surface area contributed by atoms with Gasteiger partial charge in [-0.3, -0.25) is 0 Å². The topological polar surface area (TPSA) is 6.48 Å². The van der Waals surface area contributed by atoms with Gasteiger partial charge in [0.05, 0.1) is 11.4 Å². The van der Waals surface area contributed by atoms with E-state index in [-0.39, 0.29) is 23.0 Å². The molecule has 109 heavy (non-hydrogen) atoms. The summed E-state index contributed by atoms with van der Waals surface area (Å²) >= 11 is 0. The van der Waals surface area contributed by atoms with Crippen molar-refractivity contribution in [1.82, 2.24) is 0 Å². The minimum absolute atomic E-state index is 0.0684. The molecule has 2 heterocycles. The molecule has 2 nitrogen and oxygen atoms in total. The zero-order valence-electron chi connectivity index (χ0n) is 63.5. The molecule has 2 aliphatic rings. The van der Waals surface area contributed by atoms with Crippen molar-refractivity contribution in [2.75, 3.05) is 9.80 Å². The van der Waals surface area contributed by atoms with E-state index in [0.717, 1.165) is 129 Å². The lowest BCUT2D eigenvalue weighted by Gasteiger charge is -2.46. The lowest BCUT2D eigenvalue weighted by atomic mass is 9.33. The minimum Gasteiger partial charge on any atom is -0.310 e. The summed E-state index contributed by atoms with van der Waals surface area (Å²) in [5.41, 5.74) is 34.7. The monoisotopic (exact) mass is 1400 g/mol. The SMILES string of the molecule is CC(C)(C)c1ccc(-c2cc3c4c(c2)N(c2c(-c5ccccc5)cc(-c5ccccc5)cc2-c2ccccc2)c2cc(-c5cc6cc(C(C)(C)C)cc7ccc8cc(C(C)(C)C)cc5c8c76)ccc2B4c2ccc(-c4ccccc4)cc2N3c2c(-c3ccccc3)cc(-c3ccccc3)cc2-c2ccccc2)cc1. The van der Waals surface area contributed by atoms with E-state index in [2.05, 4.69) is 424 Å². The Labute approximate surface area is 642 Å². The maximum atomic E-state index is 2.74. The van der Waals surface area contributed by atoms with Gasteiger partial charge >= 0.3 is 0 Å². The first kappa shape index (κ1) is 67.1. The largest absolute Gasteiger partial charge is 0.310 e.